The molecule has 2 heterocycles. The van der Waals surface area contributed by atoms with Gasteiger partial charge < -0.3 is 4.57 Å². The number of fused-ring (bicyclic) bond motifs is 11. The van der Waals surface area contributed by atoms with Crippen LogP contribution in [0.15, 0.2) is 224 Å². The van der Waals surface area contributed by atoms with Gasteiger partial charge in [-0.3, -0.25) is 0 Å². The van der Waals surface area contributed by atoms with Gasteiger partial charge in [0.05, 0.1) is 28.1 Å². The third-order valence-electron chi connectivity index (χ3n) is 13.4. The molecular weight excluding hydrogens is 773 g/mol. The van der Waals surface area contributed by atoms with Crippen molar-refractivity contribution in [1.29, 1.82) is 0 Å². The number of hydrogen-bond donors (Lipinski definition) is 0. The van der Waals surface area contributed by atoms with Gasteiger partial charge in [-0.1, -0.05) is 188 Å². The van der Waals surface area contributed by atoms with E-state index in [-0.39, 0.29) is 0 Å². The Morgan fingerprint density at radius 2 is 0.766 bits per heavy atom. The van der Waals surface area contributed by atoms with Crippen LogP contribution in [-0.2, 0) is 0 Å². The zero-order valence-electron chi connectivity index (χ0n) is 35.3. The van der Waals surface area contributed by atoms with Gasteiger partial charge in [0.1, 0.15) is 0 Å². The molecule has 0 spiro atoms. The van der Waals surface area contributed by atoms with Crippen LogP contribution in [0.1, 0.15) is 5.56 Å². The lowest BCUT2D eigenvalue weighted by Crippen LogP contribution is -1.99. The summed E-state index contributed by atoms with van der Waals surface area (Å²) < 4.78 is 2.49. The molecule has 0 atom stereocenters. The molecule has 0 aliphatic rings. The van der Waals surface area contributed by atoms with E-state index in [2.05, 4.69) is 236 Å². The molecule has 2 heteroatoms. The molecule has 13 rings (SSSR count). The molecule has 298 valence electrons. The molecule has 0 unspecified atom stereocenters. The highest BCUT2D eigenvalue weighted by molar-refractivity contribution is 6.29. The van der Waals surface area contributed by atoms with Crippen molar-refractivity contribution in [3.05, 3.63) is 230 Å². The van der Waals surface area contributed by atoms with Crippen molar-refractivity contribution < 1.29 is 0 Å². The zero-order chi connectivity index (χ0) is 42.3. The summed E-state index contributed by atoms with van der Waals surface area (Å²) in [6.45, 7) is 2.15. The van der Waals surface area contributed by atoms with Crippen LogP contribution in [-0.4, -0.2) is 9.55 Å². The van der Waals surface area contributed by atoms with Crippen LogP contribution in [0.25, 0.3) is 126 Å². The maximum Gasteiger partial charge on any atom is 0.0736 e. The van der Waals surface area contributed by atoms with E-state index < -0.39 is 0 Å². The van der Waals surface area contributed by atoms with Gasteiger partial charge >= 0.3 is 0 Å². The minimum absolute atomic E-state index is 0.939. The second-order valence-corrected chi connectivity index (χ2v) is 17.2. The predicted octanol–water partition coefficient (Wildman–Crippen LogP) is 16.9. The normalized spacial score (nSPS) is 11.8. The van der Waals surface area contributed by atoms with E-state index in [1.807, 2.05) is 0 Å². The van der Waals surface area contributed by atoms with Crippen LogP contribution < -0.4 is 0 Å². The van der Waals surface area contributed by atoms with E-state index in [0.29, 0.717) is 0 Å². The maximum absolute atomic E-state index is 5.55. The van der Waals surface area contributed by atoms with Crippen molar-refractivity contribution >= 4 is 75.7 Å². The van der Waals surface area contributed by atoms with E-state index in [1.165, 1.54) is 92.5 Å². The van der Waals surface area contributed by atoms with Gasteiger partial charge in [-0.15, -0.1) is 0 Å². The van der Waals surface area contributed by atoms with Crippen molar-refractivity contribution in [1.82, 2.24) is 9.55 Å². The van der Waals surface area contributed by atoms with Gasteiger partial charge in [-0.25, -0.2) is 4.98 Å². The molecule has 0 amide bonds. The Labute approximate surface area is 370 Å². The van der Waals surface area contributed by atoms with Crippen LogP contribution in [0.5, 0.6) is 0 Å². The third kappa shape index (κ3) is 5.77. The summed E-state index contributed by atoms with van der Waals surface area (Å²) in [7, 11) is 0. The van der Waals surface area contributed by atoms with E-state index in [0.717, 1.165) is 39.2 Å². The molecule has 0 bridgehead atoms. The first-order chi connectivity index (χ1) is 31.6. The van der Waals surface area contributed by atoms with Gasteiger partial charge in [0.2, 0.25) is 0 Å². The quantitative estimate of drug-likeness (QED) is 0.158. The van der Waals surface area contributed by atoms with Gasteiger partial charge in [0.25, 0.3) is 0 Å². The van der Waals surface area contributed by atoms with Gasteiger partial charge in [0.15, 0.2) is 0 Å². The summed E-state index contributed by atoms with van der Waals surface area (Å²) in [4.78, 5) is 5.55. The highest BCUT2D eigenvalue weighted by atomic mass is 15.0. The topological polar surface area (TPSA) is 17.8 Å². The highest BCUT2D eigenvalue weighted by Gasteiger charge is 2.20. The fourth-order valence-electron chi connectivity index (χ4n) is 10.3. The summed E-state index contributed by atoms with van der Waals surface area (Å²) in [5.74, 6) is 0. The minimum atomic E-state index is 0.939. The van der Waals surface area contributed by atoms with Gasteiger partial charge in [-0.2, -0.15) is 0 Å². The fraction of sp³-hybridized carbons (Fsp3) is 0.0161. The molecular formula is C62H40N2. The molecule has 0 saturated heterocycles. The number of pyridine rings is 1. The van der Waals surface area contributed by atoms with Crippen LogP contribution in [0, 0.1) is 6.92 Å². The molecule has 0 radical (unpaired) electrons. The van der Waals surface area contributed by atoms with E-state index in [1.54, 1.807) is 0 Å². The van der Waals surface area contributed by atoms with Crippen molar-refractivity contribution in [3.63, 3.8) is 0 Å². The van der Waals surface area contributed by atoms with Crippen molar-refractivity contribution in [2.75, 3.05) is 0 Å². The number of hydrogen-bond acceptors (Lipinski definition) is 1. The Morgan fingerprint density at radius 3 is 1.44 bits per heavy atom. The Bertz CT molecular complexity index is 3900. The first-order valence-electron chi connectivity index (χ1n) is 22.1. The van der Waals surface area contributed by atoms with Crippen LogP contribution >= 0.6 is 0 Å². The van der Waals surface area contributed by atoms with Gasteiger partial charge in [0, 0.05) is 21.9 Å². The summed E-state index contributed by atoms with van der Waals surface area (Å²) in [6, 6.07) is 82.5. The summed E-state index contributed by atoms with van der Waals surface area (Å²) in [5.41, 5.74) is 13.6. The highest BCUT2D eigenvalue weighted by Crippen LogP contribution is 2.44. The summed E-state index contributed by atoms with van der Waals surface area (Å²) in [5, 5.41) is 14.7. The number of rotatable bonds is 5. The smallest absolute Gasteiger partial charge is 0.0736 e. The number of nitrogens with zero attached hydrogens (tertiary/aromatic N) is 2. The number of benzene rings is 11. The third-order valence-corrected chi connectivity index (χ3v) is 13.4. The lowest BCUT2D eigenvalue weighted by Gasteiger charge is -2.16. The first kappa shape index (κ1) is 36.3. The van der Waals surface area contributed by atoms with Crippen LogP contribution in [0.3, 0.4) is 0 Å². The monoisotopic (exact) mass is 812 g/mol. The standard InChI is InChI=1S/C62H40N2/c1-39-25-27-41(28-26-39)44-29-31-51-49-21-9-10-22-50(49)56-38-62-58(37-55(56)54(51)33-44)57-34-45(40-13-3-2-4-14-40)30-32-61(57)64(62)46-35-59(52-23-11-17-42-15-5-7-19-47(42)52)63-60(36-46)53-24-12-18-43-16-6-8-20-48(43)53/h2-38H,1H3. The molecule has 2 aromatic heterocycles. The SMILES string of the molecule is Cc1ccc(-c2ccc3c4ccccc4c4cc5c(cc4c3c2)c2cc(-c3ccccc3)ccc2n5-c2cc(-c3cccc4ccccc34)nc(-c3cccc4ccccc34)c2)cc1. The van der Waals surface area contributed by atoms with E-state index in [9.17, 15) is 0 Å². The summed E-state index contributed by atoms with van der Waals surface area (Å²) >= 11 is 0. The van der Waals surface area contributed by atoms with Crippen LogP contribution in [0.2, 0.25) is 0 Å². The second kappa shape index (κ2) is 14.4. The lowest BCUT2D eigenvalue weighted by molar-refractivity contribution is 1.16. The maximum atomic E-state index is 5.55. The predicted molar refractivity (Wildman–Crippen MR) is 273 cm³/mol. The Kier molecular flexibility index (Phi) is 8.16. The average molecular weight is 813 g/mol. The van der Waals surface area contributed by atoms with Gasteiger partial charge in [-0.05, 0) is 126 Å². The summed E-state index contributed by atoms with van der Waals surface area (Å²) in [6.07, 6.45) is 0. The molecule has 0 N–H and O–H groups in total. The zero-order valence-corrected chi connectivity index (χ0v) is 35.3. The lowest BCUT2D eigenvalue weighted by atomic mass is 9.91. The Hall–Kier alpha value is -8.33. The number of aryl methyl sites for hydroxylation is 1. The Balaban J connectivity index is 1.16. The molecule has 13 aromatic rings. The molecule has 0 aliphatic heterocycles. The molecule has 0 saturated carbocycles. The molecule has 11 aromatic carbocycles. The molecule has 0 fully saturated rings. The minimum Gasteiger partial charge on any atom is -0.309 e. The molecule has 64 heavy (non-hydrogen) atoms. The molecule has 2 nitrogen and oxygen atoms in total. The van der Waals surface area contributed by atoms with Crippen LogP contribution in [0.4, 0.5) is 0 Å². The number of aromatic nitrogens is 2. The van der Waals surface area contributed by atoms with E-state index >= 15 is 0 Å². The second-order valence-electron chi connectivity index (χ2n) is 17.2. The first-order valence-corrected chi connectivity index (χ1v) is 22.1. The van der Waals surface area contributed by atoms with Crippen molar-refractivity contribution in [3.8, 4) is 50.5 Å². The molecule has 0 aliphatic carbocycles. The largest absolute Gasteiger partial charge is 0.309 e. The fourth-order valence-corrected chi connectivity index (χ4v) is 10.3. The average Bonchev–Trinajstić information content (AvgIpc) is 3.68. The van der Waals surface area contributed by atoms with Crippen molar-refractivity contribution in [2.45, 2.75) is 6.92 Å². The van der Waals surface area contributed by atoms with E-state index in [4.69, 9.17) is 4.98 Å². The Morgan fingerprint density at radius 1 is 0.297 bits per heavy atom. The van der Waals surface area contributed by atoms with Crippen molar-refractivity contribution in [2.24, 2.45) is 0 Å².